The van der Waals surface area contributed by atoms with Gasteiger partial charge in [0.1, 0.15) is 0 Å². The quantitative estimate of drug-likeness (QED) is 0.783. The van der Waals surface area contributed by atoms with E-state index in [1.807, 2.05) is 32.3 Å². The van der Waals surface area contributed by atoms with Gasteiger partial charge in [0.2, 0.25) is 5.91 Å². The Balaban J connectivity index is 2.29. The zero-order valence-electron chi connectivity index (χ0n) is 10.1. The number of carbonyl (C=O) groups is 1. The average Bonchev–Trinajstić information content (AvgIpc) is 2.34. The molecule has 0 bridgehead atoms. The zero-order valence-corrected chi connectivity index (χ0v) is 10.1. The van der Waals surface area contributed by atoms with Crippen LogP contribution in [0.1, 0.15) is 12.0 Å². The molecule has 0 unspecified atom stereocenters. The Morgan fingerprint density at radius 3 is 2.62 bits per heavy atom. The highest BCUT2D eigenvalue weighted by Crippen LogP contribution is 2.01. The van der Waals surface area contributed by atoms with Crippen molar-refractivity contribution in [2.24, 2.45) is 0 Å². The van der Waals surface area contributed by atoms with Gasteiger partial charge in [-0.2, -0.15) is 0 Å². The van der Waals surface area contributed by atoms with Crippen LogP contribution in [0.3, 0.4) is 0 Å². The number of amides is 1. The zero-order chi connectivity index (χ0) is 11.8. The highest BCUT2D eigenvalue weighted by Gasteiger charge is 2.07. The lowest BCUT2D eigenvalue weighted by Crippen LogP contribution is -2.30. The van der Waals surface area contributed by atoms with Gasteiger partial charge in [0.15, 0.2) is 0 Å². The molecule has 0 radical (unpaired) electrons. The summed E-state index contributed by atoms with van der Waals surface area (Å²) in [5.74, 6) is 0.199. The first-order chi connectivity index (χ1) is 7.74. The molecular weight excluding hydrogens is 200 g/mol. The first-order valence-corrected chi connectivity index (χ1v) is 5.66. The standard InChI is InChI=1S/C13H20N2O/c1-14-10-8-13(16)15(2)11-9-12-6-4-3-5-7-12/h3-7,14H,8-11H2,1-2H3. The van der Waals surface area contributed by atoms with E-state index in [4.69, 9.17) is 0 Å². The SMILES string of the molecule is CNCCC(=O)N(C)CCc1ccccc1. The largest absolute Gasteiger partial charge is 0.345 e. The van der Waals surface area contributed by atoms with Crippen molar-refractivity contribution >= 4 is 5.91 Å². The molecule has 1 aromatic rings. The van der Waals surface area contributed by atoms with Gasteiger partial charge < -0.3 is 10.2 Å². The molecule has 0 spiro atoms. The number of nitrogens with one attached hydrogen (secondary N) is 1. The van der Waals surface area contributed by atoms with Crippen LogP contribution in [0.5, 0.6) is 0 Å². The van der Waals surface area contributed by atoms with E-state index in [1.165, 1.54) is 5.56 Å². The molecule has 3 nitrogen and oxygen atoms in total. The fourth-order valence-corrected chi connectivity index (χ4v) is 1.49. The van der Waals surface area contributed by atoms with E-state index in [0.717, 1.165) is 19.5 Å². The highest BCUT2D eigenvalue weighted by molar-refractivity contribution is 5.76. The van der Waals surface area contributed by atoms with E-state index < -0.39 is 0 Å². The van der Waals surface area contributed by atoms with Gasteiger partial charge in [-0.15, -0.1) is 0 Å². The van der Waals surface area contributed by atoms with Crippen molar-refractivity contribution in [2.45, 2.75) is 12.8 Å². The van der Waals surface area contributed by atoms with Crippen LogP contribution >= 0.6 is 0 Å². The average molecular weight is 220 g/mol. The Bertz CT molecular complexity index is 311. The van der Waals surface area contributed by atoms with Crippen LogP contribution in [-0.2, 0) is 11.2 Å². The molecule has 1 aromatic carbocycles. The van der Waals surface area contributed by atoms with Gasteiger partial charge in [0.25, 0.3) is 0 Å². The summed E-state index contributed by atoms with van der Waals surface area (Å²) in [5, 5.41) is 2.98. The van der Waals surface area contributed by atoms with E-state index >= 15 is 0 Å². The van der Waals surface area contributed by atoms with E-state index in [-0.39, 0.29) is 5.91 Å². The molecule has 0 saturated carbocycles. The Labute approximate surface area is 97.5 Å². The Morgan fingerprint density at radius 2 is 2.00 bits per heavy atom. The summed E-state index contributed by atoms with van der Waals surface area (Å²) in [6.07, 6.45) is 1.49. The van der Waals surface area contributed by atoms with Crippen molar-refractivity contribution in [1.29, 1.82) is 0 Å². The maximum absolute atomic E-state index is 11.6. The van der Waals surface area contributed by atoms with Crippen LogP contribution in [-0.4, -0.2) is 38.0 Å². The fraction of sp³-hybridized carbons (Fsp3) is 0.462. The van der Waals surface area contributed by atoms with Crippen LogP contribution < -0.4 is 5.32 Å². The molecule has 0 atom stereocenters. The van der Waals surface area contributed by atoms with E-state index in [9.17, 15) is 4.79 Å². The molecule has 0 aliphatic carbocycles. The molecule has 3 heteroatoms. The molecule has 0 aliphatic rings. The Kier molecular flexibility index (Phi) is 5.57. The number of benzene rings is 1. The van der Waals surface area contributed by atoms with Crippen LogP contribution in [0.15, 0.2) is 30.3 Å². The number of likely N-dealkylation sites (N-methyl/N-ethyl adjacent to an activating group) is 1. The van der Waals surface area contributed by atoms with Crippen molar-refractivity contribution < 1.29 is 4.79 Å². The first kappa shape index (κ1) is 12.7. The maximum Gasteiger partial charge on any atom is 0.223 e. The minimum Gasteiger partial charge on any atom is -0.345 e. The topological polar surface area (TPSA) is 32.3 Å². The van der Waals surface area contributed by atoms with Crippen LogP contribution in [0.25, 0.3) is 0 Å². The number of rotatable bonds is 6. The second-order valence-corrected chi connectivity index (χ2v) is 3.90. The van der Waals surface area contributed by atoms with E-state index in [1.54, 1.807) is 4.90 Å². The summed E-state index contributed by atoms with van der Waals surface area (Å²) in [4.78, 5) is 13.4. The molecule has 1 N–H and O–H groups in total. The van der Waals surface area contributed by atoms with Gasteiger partial charge in [-0.3, -0.25) is 4.79 Å². The van der Waals surface area contributed by atoms with Crippen molar-refractivity contribution in [3.05, 3.63) is 35.9 Å². The van der Waals surface area contributed by atoms with Gasteiger partial charge in [-0.05, 0) is 19.0 Å². The summed E-state index contributed by atoms with van der Waals surface area (Å²) in [7, 11) is 3.72. The summed E-state index contributed by atoms with van der Waals surface area (Å²) in [5.41, 5.74) is 1.27. The summed E-state index contributed by atoms with van der Waals surface area (Å²) in [6.45, 7) is 1.53. The predicted molar refractivity (Wildman–Crippen MR) is 66.3 cm³/mol. The van der Waals surface area contributed by atoms with Crippen molar-refractivity contribution in [3.8, 4) is 0 Å². The number of nitrogens with zero attached hydrogens (tertiary/aromatic N) is 1. The summed E-state index contributed by atoms with van der Waals surface area (Å²) >= 11 is 0. The van der Waals surface area contributed by atoms with Crippen LogP contribution in [0, 0.1) is 0 Å². The summed E-state index contributed by atoms with van der Waals surface area (Å²) < 4.78 is 0. The van der Waals surface area contributed by atoms with E-state index in [2.05, 4.69) is 17.4 Å². The normalized spacial score (nSPS) is 10.1. The maximum atomic E-state index is 11.6. The number of hydrogen-bond acceptors (Lipinski definition) is 2. The van der Waals surface area contributed by atoms with Crippen molar-refractivity contribution in [3.63, 3.8) is 0 Å². The molecule has 0 fully saturated rings. The molecule has 1 rings (SSSR count). The van der Waals surface area contributed by atoms with Crippen molar-refractivity contribution in [2.75, 3.05) is 27.2 Å². The number of hydrogen-bond donors (Lipinski definition) is 1. The second-order valence-electron chi connectivity index (χ2n) is 3.90. The van der Waals surface area contributed by atoms with Gasteiger partial charge in [0, 0.05) is 26.6 Å². The van der Waals surface area contributed by atoms with E-state index in [0.29, 0.717) is 6.42 Å². The molecule has 88 valence electrons. The minimum atomic E-state index is 0.199. The Morgan fingerprint density at radius 1 is 1.31 bits per heavy atom. The highest BCUT2D eigenvalue weighted by atomic mass is 16.2. The lowest BCUT2D eigenvalue weighted by Gasteiger charge is -2.17. The smallest absolute Gasteiger partial charge is 0.223 e. The van der Waals surface area contributed by atoms with Gasteiger partial charge >= 0.3 is 0 Å². The molecule has 1 amide bonds. The molecule has 0 aliphatic heterocycles. The predicted octanol–water partition coefficient (Wildman–Crippen LogP) is 1.30. The lowest BCUT2D eigenvalue weighted by molar-refractivity contribution is -0.129. The minimum absolute atomic E-state index is 0.199. The van der Waals surface area contributed by atoms with Gasteiger partial charge in [-0.25, -0.2) is 0 Å². The third-order valence-electron chi connectivity index (χ3n) is 2.59. The fourth-order valence-electron chi connectivity index (χ4n) is 1.49. The Hall–Kier alpha value is -1.35. The first-order valence-electron chi connectivity index (χ1n) is 5.66. The second kappa shape index (κ2) is 7.01. The third kappa shape index (κ3) is 4.45. The molecule has 0 heterocycles. The molecule has 0 saturated heterocycles. The van der Waals surface area contributed by atoms with Crippen LogP contribution in [0.2, 0.25) is 0 Å². The lowest BCUT2D eigenvalue weighted by atomic mass is 10.1. The molecule has 0 aromatic heterocycles. The van der Waals surface area contributed by atoms with Crippen LogP contribution in [0.4, 0.5) is 0 Å². The summed E-state index contributed by atoms with van der Waals surface area (Å²) in [6, 6.07) is 10.2. The van der Waals surface area contributed by atoms with Gasteiger partial charge in [-0.1, -0.05) is 30.3 Å². The van der Waals surface area contributed by atoms with Crippen molar-refractivity contribution in [1.82, 2.24) is 10.2 Å². The van der Waals surface area contributed by atoms with Gasteiger partial charge in [0.05, 0.1) is 0 Å². The number of carbonyl (C=O) groups excluding carboxylic acids is 1. The third-order valence-corrected chi connectivity index (χ3v) is 2.59. The molecular formula is C13H20N2O. The monoisotopic (exact) mass is 220 g/mol. The molecule has 16 heavy (non-hydrogen) atoms.